The van der Waals surface area contributed by atoms with E-state index in [1.54, 1.807) is 0 Å². The first-order valence-electron chi connectivity index (χ1n) is 12.7. The fraction of sp³-hybridized carbons (Fsp3) is 0.241. The molecule has 9 heteroatoms. The van der Waals surface area contributed by atoms with Gasteiger partial charge in [0.1, 0.15) is 11.9 Å². The van der Waals surface area contributed by atoms with Gasteiger partial charge in [0.05, 0.1) is 17.8 Å². The second-order valence-electron chi connectivity index (χ2n) is 9.97. The Hall–Kier alpha value is -3.59. The highest BCUT2D eigenvalue weighted by molar-refractivity contribution is 6.83. The van der Waals surface area contributed by atoms with Crippen molar-refractivity contribution in [3.63, 3.8) is 0 Å². The number of aryl methyl sites for hydroxylation is 1. The molecular weight excluding hydrogens is 514 g/mol. The molecule has 7 nitrogen and oxygen atoms in total. The minimum Gasteiger partial charge on any atom is -0.428 e. The van der Waals surface area contributed by atoms with E-state index in [-0.39, 0.29) is 12.3 Å². The summed E-state index contributed by atoms with van der Waals surface area (Å²) >= 11 is 6.21. The summed E-state index contributed by atoms with van der Waals surface area (Å²) < 4.78 is 2.00. The highest BCUT2D eigenvalue weighted by atomic mass is 35.5. The van der Waals surface area contributed by atoms with Crippen molar-refractivity contribution >= 4 is 36.7 Å². The summed E-state index contributed by atoms with van der Waals surface area (Å²) in [5.41, 5.74) is 5.52. The van der Waals surface area contributed by atoms with Crippen molar-refractivity contribution < 1.29 is 9.59 Å². The van der Waals surface area contributed by atoms with Crippen LogP contribution in [0, 0.1) is 6.92 Å². The van der Waals surface area contributed by atoms with Gasteiger partial charge in [-0.05, 0) is 67.5 Å². The molecule has 2 heterocycles. The van der Waals surface area contributed by atoms with E-state index < -0.39 is 14.4 Å². The average molecular weight is 544 g/mol. The minimum absolute atomic E-state index is 0.0917. The second-order valence-corrected chi connectivity index (χ2v) is 14.1. The molecule has 0 aliphatic carbocycles. The van der Waals surface area contributed by atoms with Crippen LogP contribution in [0.4, 0.5) is 0 Å². The van der Waals surface area contributed by atoms with Gasteiger partial charge in [-0.2, -0.15) is 0 Å². The van der Waals surface area contributed by atoms with Crippen molar-refractivity contribution in [1.29, 1.82) is 0 Å². The van der Waals surface area contributed by atoms with Gasteiger partial charge in [0.2, 0.25) is 14.2 Å². The Labute approximate surface area is 228 Å². The maximum atomic E-state index is 12.7. The number of rotatable bonds is 6. The third kappa shape index (κ3) is 5.07. The van der Waals surface area contributed by atoms with E-state index in [0.717, 1.165) is 44.7 Å². The van der Waals surface area contributed by atoms with Crippen LogP contribution in [-0.4, -0.2) is 46.0 Å². The number of amides is 1. The van der Waals surface area contributed by atoms with Crippen LogP contribution in [0.5, 0.6) is 0 Å². The van der Waals surface area contributed by atoms with Gasteiger partial charge in [-0.25, -0.2) is 0 Å². The molecule has 1 unspecified atom stereocenters. The Balaban J connectivity index is 1.70. The van der Waals surface area contributed by atoms with Crippen LogP contribution in [0.3, 0.4) is 0 Å². The van der Waals surface area contributed by atoms with E-state index in [9.17, 15) is 9.59 Å². The highest BCUT2D eigenvalue weighted by Gasteiger charge is 2.30. The zero-order valence-electron chi connectivity index (χ0n) is 21.9. The molecule has 1 atom stereocenters. The van der Waals surface area contributed by atoms with E-state index >= 15 is 0 Å². The van der Waals surface area contributed by atoms with Crippen molar-refractivity contribution in [3.05, 3.63) is 94.5 Å². The average Bonchev–Trinajstić information content (AvgIpc) is 3.21. The largest absolute Gasteiger partial charge is 0.428 e. The van der Waals surface area contributed by atoms with Crippen LogP contribution in [0.15, 0.2) is 71.7 Å². The van der Waals surface area contributed by atoms with Crippen molar-refractivity contribution in [1.82, 2.24) is 20.1 Å². The molecule has 3 aromatic carbocycles. The van der Waals surface area contributed by atoms with Crippen LogP contribution >= 0.6 is 11.6 Å². The van der Waals surface area contributed by atoms with E-state index in [1.807, 2.05) is 80.0 Å². The van der Waals surface area contributed by atoms with E-state index in [4.69, 9.17) is 16.6 Å². The van der Waals surface area contributed by atoms with Gasteiger partial charge in [0, 0.05) is 22.7 Å². The monoisotopic (exact) mass is 543 g/mol. The van der Waals surface area contributed by atoms with E-state index in [2.05, 4.69) is 33.7 Å². The summed E-state index contributed by atoms with van der Waals surface area (Å²) in [6.07, 6.45) is 0.159. The number of aromatic nitrogens is 3. The number of halogens is 1. The molecule has 38 heavy (non-hydrogen) atoms. The molecular formula is C29H30ClN5O2Si. The lowest BCUT2D eigenvalue weighted by molar-refractivity contribution is -0.121. The number of hydrogen-bond donors (Lipinski definition) is 2. The molecule has 0 spiro atoms. The van der Waals surface area contributed by atoms with Crippen LogP contribution in [0.25, 0.3) is 16.8 Å². The predicted octanol–water partition coefficient (Wildman–Crippen LogP) is 4.72. The third-order valence-electron chi connectivity index (χ3n) is 6.72. The quantitative estimate of drug-likeness (QED) is 0.344. The predicted molar refractivity (Wildman–Crippen MR) is 154 cm³/mol. The Morgan fingerprint density at radius 2 is 1.66 bits per heavy atom. The standard InChI is InChI=1S/C29H30ClN5O2Si/c1-5-31-27(36)17-25-29-34-33-18(2)35(29)26-15-10-21(19-8-13-23(14-9-19)38(3,4)37)16-24(26)28(32-25)20-6-11-22(30)12-7-20/h6-16,25,37H,5,17H2,1-4H3,(H,31,36). The first kappa shape index (κ1) is 26.0. The van der Waals surface area contributed by atoms with Crippen molar-refractivity contribution in [2.24, 2.45) is 4.99 Å². The van der Waals surface area contributed by atoms with Gasteiger partial charge in [-0.15, -0.1) is 10.2 Å². The molecule has 0 fully saturated rings. The molecule has 0 radical (unpaired) electrons. The summed E-state index contributed by atoms with van der Waals surface area (Å²) in [5.74, 6) is 1.26. The van der Waals surface area contributed by atoms with Crippen LogP contribution < -0.4 is 10.5 Å². The molecule has 5 rings (SSSR count). The maximum Gasteiger partial charge on any atom is 0.222 e. The Morgan fingerprint density at radius 3 is 2.32 bits per heavy atom. The number of nitrogens with one attached hydrogen (secondary N) is 1. The van der Waals surface area contributed by atoms with Crippen LogP contribution in [0.1, 0.15) is 42.2 Å². The zero-order chi connectivity index (χ0) is 27.0. The van der Waals surface area contributed by atoms with Gasteiger partial charge in [-0.3, -0.25) is 14.4 Å². The molecule has 4 aromatic rings. The molecule has 0 bridgehead atoms. The SMILES string of the molecule is CCNC(=O)CC1N=C(c2ccc(Cl)cc2)c2cc(-c3ccc([Si](C)(C)O)cc3)ccc2-n2c(C)nnc21. The first-order valence-corrected chi connectivity index (χ1v) is 16.0. The van der Waals surface area contributed by atoms with Gasteiger partial charge in [-0.1, -0.05) is 54.1 Å². The first-order chi connectivity index (χ1) is 18.2. The molecule has 1 amide bonds. The van der Waals surface area contributed by atoms with Gasteiger partial charge >= 0.3 is 0 Å². The van der Waals surface area contributed by atoms with Crippen molar-refractivity contribution in [3.8, 4) is 16.8 Å². The van der Waals surface area contributed by atoms with E-state index in [1.165, 1.54) is 0 Å². The summed E-state index contributed by atoms with van der Waals surface area (Å²) in [4.78, 5) is 28.3. The van der Waals surface area contributed by atoms with E-state index in [0.29, 0.717) is 17.4 Å². The molecule has 1 aliphatic heterocycles. The molecule has 0 saturated heterocycles. The van der Waals surface area contributed by atoms with Crippen LogP contribution in [-0.2, 0) is 4.79 Å². The van der Waals surface area contributed by atoms with Gasteiger partial charge < -0.3 is 10.1 Å². The number of carbonyl (C=O) groups is 1. The Kier molecular flexibility index (Phi) is 7.05. The Bertz CT molecular complexity index is 1520. The third-order valence-corrected chi connectivity index (χ3v) is 8.72. The summed E-state index contributed by atoms with van der Waals surface area (Å²) in [5, 5.41) is 13.3. The van der Waals surface area contributed by atoms with Crippen molar-refractivity contribution in [2.45, 2.75) is 39.4 Å². The lowest BCUT2D eigenvalue weighted by Crippen LogP contribution is -2.41. The fourth-order valence-corrected chi connectivity index (χ4v) is 5.87. The Morgan fingerprint density at radius 1 is 1.00 bits per heavy atom. The molecule has 1 aliphatic rings. The fourth-order valence-electron chi connectivity index (χ4n) is 4.77. The number of nitrogens with zero attached hydrogens (tertiary/aromatic N) is 4. The van der Waals surface area contributed by atoms with Crippen LogP contribution in [0.2, 0.25) is 18.1 Å². The molecule has 1 aromatic heterocycles. The van der Waals surface area contributed by atoms with Gasteiger partial charge in [0.25, 0.3) is 0 Å². The summed E-state index contributed by atoms with van der Waals surface area (Å²) in [6, 6.07) is 21.4. The topological polar surface area (TPSA) is 92.4 Å². The lowest BCUT2D eigenvalue weighted by atomic mass is 9.95. The van der Waals surface area contributed by atoms with Crippen molar-refractivity contribution in [2.75, 3.05) is 6.54 Å². The van der Waals surface area contributed by atoms with Gasteiger partial charge in [0.15, 0.2) is 5.82 Å². The normalized spacial score (nSPS) is 14.8. The number of aliphatic imine (C=N–C) groups is 1. The highest BCUT2D eigenvalue weighted by Crippen LogP contribution is 2.35. The number of hydrogen-bond acceptors (Lipinski definition) is 5. The number of fused-ring (bicyclic) bond motifs is 3. The smallest absolute Gasteiger partial charge is 0.222 e. The molecule has 0 saturated carbocycles. The zero-order valence-corrected chi connectivity index (χ0v) is 23.6. The minimum atomic E-state index is -2.39. The summed E-state index contributed by atoms with van der Waals surface area (Å²) in [6.45, 7) is 8.17. The second kappa shape index (κ2) is 10.3. The molecule has 194 valence electrons. The maximum absolute atomic E-state index is 12.7. The molecule has 2 N–H and O–H groups in total. The number of carbonyl (C=O) groups excluding carboxylic acids is 1. The number of benzene rings is 3. The summed E-state index contributed by atoms with van der Waals surface area (Å²) in [7, 11) is -2.39. The lowest BCUT2D eigenvalue weighted by Gasteiger charge is -2.16.